The van der Waals surface area contributed by atoms with Gasteiger partial charge in [0.25, 0.3) is 0 Å². The minimum Gasteiger partial charge on any atom is -0.478 e. The van der Waals surface area contributed by atoms with E-state index in [4.69, 9.17) is 10.8 Å². The molecular formula is C13H17FN2O3. The topological polar surface area (TPSA) is 86.8 Å². The maximum Gasteiger partial charge on any atom is 0.338 e. The van der Waals surface area contributed by atoms with Crippen LogP contribution in [0.1, 0.15) is 23.7 Å². The molecule has 0 aromatic heterocycles. The number of carboxylic acid groups (broad SMARTS) is 1. The molecule has 0 saturated carbocycles. The molecule has 5 nitrogen and oxygen atoms in total. The predicted octanol–water partition coefficient (Wildman–Crippen LogP) is 1.31. The molecule has 6 heteroatoms. The first-order valence-corrected chi connectivity index (χ1v) is 6.15. The lowest BCUT2D eigenvalue weighted by Crippen LogP contribution is -2.35. The molecule has 1 aliphatic rings. The van der Waals surface area contributed by atoms with Gasteiger partial charge in [0.2, 0.25) is 0 Å². The Kier molecular flexibility index (Phi) is 3.61. The molecule has 0 bridgehead atoms. The van der Waals surface area contributed by atoms with E-state index in [2.05, 4.69) is 0 Å². The molecule has 1 heterocycles. The number of carboxylic acids is 1. The third kappa shape index (κ3) is 2.35. The standard InChI is InChI=1S/C13H17FN2O3/c1-7-2-3-16(12(7)6-17)11-5-9(14)8(13(18)19)4-10(11)15/h4-5,7,12,17H,2-3,6,15H2,1H3,(H,18,19). The summed E-state index contributed by atoms with van der Waals surface area (Å²) in [7, 11) is 0. The summed E-state index contributed by atoms with van der Waals surface area (Å²) < 4.78 is 13.7. The van der Waals surface area contributed by atoms with Crippen molar-refractivity contribution in [3.8, 4) is 0 Å². The molecule has 1 aromatic rings. The fourth-order valence-corrected chi connectivity index (χ4v) is 2.58. The van der Waals surface area contributed by atoms with Crippen molar-refractivity contribution < 1.29 is 19.4 Å². The highest BCUT2D eigenvalue weighted by atomic mass is 19.1. The van der Waals surface area contributed by atoms with Gasteiger partial charge in [0.05, 0.1) is 29.6 Å². The van der Waals surface area contributed by atoms with Gasteiger partial charge in [0, 0.05) is 12.6 Å². The van der Waals surface area contributed by atoms with Crippen LogP contribution in [0.2, 0.25) is 0 Å². The Hall–Kier alpha value is -1.82. The molecule has 104 valence electrons. The van der Waals surface area contributed by atoms with Crippen LogP contribution in [-0.4, -0.2) is 35.4 Å². The van der Waals surface area contributed by atoms with Crippen molar-refractivity contribution in [3.05, 3.63) is 23.5 Å². The van der Waals surface area contributed by atoms with Crippen LogP contribution < -0.4 is 10.6 Å². The maximum atomic E-state index is 13.7. The van der Waals surface area contributed by atoms with Crippen LogP contribution in [-0.2, 0) is 0 Å². The molecule has 1 aromatic carbocycles. The lowest BCUT2D eigenvalue weighted by molar-refractivity contribution is 0.0692. The number of nitrogens with two attached hydrogens (primary N) is 1. The highest BCUT2D eigenvalue weighted by molar-refractivity contribution is 5.91. The van der Waals surface area contributed by atoms with Gasteiger partial charge < -0.3 is 20.8 Å². The molecule has 0 spiro atoms. The minimum absolute atomic E-state index is 0.0388. The van der Waals surface area contributed by atoms with Crippen molar-refractivity contribution in [2.45, 2.75) is 19.4 Å². The average molecular weight is 268 g/mol. The second-order valence-corrected chi connectivity index (χ2v) is 4.91. The van der Waals surface area contributed by atoms with Crippen LogP contribution in [0, 0.1) is 11.7 Å². The summed E-state index contributed by atoms with van der Waals surface area (Å²) in [6, 6.07) is 2.15. The molecule has 2 rings (SSSR count). The summed E-state index contributed by atoms with van der Waals surface area (Å²) >= 11 is 0. The highest BCUT2D eigenvalue weighted by Crippen LogP contribution is 2.34. The predicted molar refractivity (Wildman–Crippen MR) is 69.8 cm³/mol. The van der Waals surface area contributed by atoms with Crippen molar-refractivity contribution in [1.29, 1.82) is 0 Å². The Morgan fingerprint density at radius 2 is 2.26 bits per heavy atom. The molecule has 1 fully saturated rings. The first kappa shape index (κ1) is 13.6. The number of nitrogen functional groups attached to an aromatic ring is 1. The fraction of sp³-hybridized carbons (Fsp3) is 0.462. The monoisotopic (exact) mass is 268 g/mol. The maximum absolute atomic E-state index is 13.7. The van der Waals surface area contributed by atoms with Crippen molar-refractivity contribution in [2.24, 2.45) is 5.92 Å². The summed E-state index contributed by atoms with van der Waals surface area (Å²) in [5.41, 5.74) is 6.04. The Balaban J connectivity index is 2.41. The number of nitrogens with zero attached hydrogens (tertiary/aromatic N) is 1. The van der Waals surface area contributed by atoms with Crippen LogP contribution in [0.15, 0.2) is 12.1 Å². The number of hydrogen-bond donors (Lipinski definition) is 3. The molecular weight excluding hydrogens is 251 g/mol. The molecule has 1 saturated heterocycles. The van der Waals surface area contributed by atoms with E-state index >= 15 is 0 Å². The van der Waals surface area contributed by atoms with Gasteiger partial charge in [-0.15, -0.1) is 0 Å². The minimum atomic E-state index is -1.34. The number of anilines is 2. The van der Waals surface area contributed by atoms with Crippen LogP contribution in [0.3, 0.4) is 0 Å². The molecule has 2 unspecified atom stereocenters. The van der Waals surface area contributed by atoms with E-state index in [-0.39, 0.29) is 24.3 Å². The number of carbonyl (C=O) groups is 1. The molecule has 0 amide bonds. The van der Waals surface area contributed by atoms with Gasteiger partial charge in [-0.25, -0.2) is 9.18 Å². The largest absolute Gasteiger partial charge is 0.478 e. The number of hydrogen-bond acceptors (Lipinski definition) is 4. The normalized spacial score (nSPS) is 22.8. The quantitative estimate of drug-likeness (QED) is 0.720. The summed E-state index contributed by atoms with van der Waals surface area (Å²) in [5.74, 6) is -1.87. The first-order chi connectivity index (χ1) is 8.95. The van der Waals surface area contributed by atoms with E-state index < -0.39 is 17.3 Å². The van der Waals surface area contributed by atoms with Crippen molar-refractivity contribution >= 4 is 17.3 Å². The van der Waals surface area contributed by atoms with Crippen molar-refractivity contribution in [2.75, 3.05) is 23.8 Å². The summed E-state index contributed by atoms with van der Waals surface area (Å²) in [4.78, 5) is 12.7. The van der Waals surface area contributed by atoms with Gasteiger partial charge in [0.15, 0.2) is 0 Å². The van der Waals surface area contributed by atoms with E-state index in [1.807, 2.05) is 11.8 Å². The molecule has 0 aliphatic carbocycles. The number of rotatable bonds is 3. The lowest BCUT2D eigenvalue weighted by Gasteiger charge is -2.28. The van der Waals surface area contributed by atoms with Crippen LogP contribution in [0.4, 0.5) is 15.8 Å². The SMILES string of the molecule is CC1CCN(c2cc(F)c(C(=O)O)cc2N)C1CO. The molecule has 1 aliphatic heterocycles. The Bertz CT molecular complexity index is 507. The fourth-order valence-electron chi connectivity index (χ4n) is 2.58. The van der Waals surface area contributed by atoms with Crippen molar-refractivity contribution in [1.82, 2.24) is 0 Å². The molecule has 2 atom stereocenters. The lowest BCUT2D eigenvalue weighted by atomic mass is 10.0. The van der Waals surface area contributed by atoms with Crippen LogP contribution in [0.25, 0.3) is 0 Å². The Morgan fingerprint density at radius 3 is 2.84 bits per heavy atom. The van der Waals surface area contributed by atoms with Crippen LogP contribution >= 0.6 is 0 Å². The number of aliphatic hydroxyl groups is 1. The van der Waals surface area contributed by atoms with Gasteiger partial charge in [0.1, 0.15) is 5.82 Å². The smallest absolute Gasteiger partial charge is 0.338 e. The summed E-state index contributed by atoms with van der Waals surface area (Å²) in [5, 5.41) is 18.2. The molecule has 4 N–H and O–H groups in total. The number of aromatic carboxylic acids is 1. The zero-order chi connectivity index (χ0) is 14.2. The molecule has 0 radical (unpaired) electrons. The second-order valence-electron chi connectivity index (χ2n) is 4.91. The van der Waals surface area contributed by atoms with Gasteiger partial charge in [-0.05, 0) is 18.4 Å². The Morgan fingerprint density at radius 1 is 1.58 bits per heavy atom. The summed E-state index contributed by atoms with van der Waals surface area (Å²) in [6.45, 7) is 2.64. The number of aliphatic hydroxyl groups excluding tert-OH is 1. The van der Waals surface area contributed by atoms with Gasteiger partial charge >= 0.3 is 5.97 Å². The number of halogens is 1. The zero-order valence-electron chi connectivity index (χ0n) is 10.6. The van der Waals surface area contributed by atoms with Gasteiger partial charge in [-0.1, -0.05) is 6.92 Å². The average Bonchev–Trinajstić information content (AvgIpc) is 2.72. The second kappa shape index (κ2) is 5.05. The summed E-state index contributed by atoms with van der Waals surface area (Å²) in [6.07, 6.45) is 0.882. The van der Waals surface area contributed by atoms with E-state index in [1.165, 1.54) is 0 Å². The van der Waals surface area contributed by atoms with Gasteiger partial charge in [-0.2, -0.15) is 0 Å². The van der Waals surface area contributed by atoms with E-state index in [9.17, 15) is 14.3 Å². The van der Waals surface area contributed by atoms with Crippen LogP contribution in [0.5, 0.6) is 0 Å². The Labute approximate surface area is 110 Å². The third-order valence-electron chi connectivity index (χ3n) is 3.73. The highest BCUT2D eigenvalue weighted by Gasteiger charge is 2.32. The van der Waals surface area contributed by atoms with Gasteiger partial charge in [-0.3, -0.25) is 0 Å². The van der Waals surface area contributed by atoms with E-state index in [0.717, 1.165) is 18.6 Å². The van der Waals surface area contributed by atoms with E-state index in [1.54, 1.807) is 0 Å². The molecule has 19 heavy (non-hydrogen) atoms. The van der Waals surface area contributed by atoms with E-state index in [0.29, 0.717) is 12.2 Å². The van der Waals surface area contributed by atoms with Crippen molar-refractivity contribution in [3.63, 3.8) is 0 Å². The number of benzene rings is 1. The third-order valence-corrected chi connectivity index (χ3v) is 3.73. The zero-order valence-corrected chi connectivity index (χ0v) is 10.6. The first-order valence-electron chi connectivity index (χ1n) is 6.15.